The number of nitrogens with one attached hydrogen (secondary N) is 1. The number of benzene rings is 1. The standard InChI is InChI=1S/C23H24N4O3/c1-2-18-11-16(12-19(28)24-18)21(29)27-13-17-9-6-10-23(17,14-27)22-25-20(26-30-22)15-7-4-3-5-8-15/h3-5,7-8,11-12,17H,2,6,9-10,13-14H2,1H3,(H,24,28)/t17-,23-/m1/s1. The highest BCUT2D eigenvalue weighted by atomic mass is 16.5. The highest BCUT2D eigenvalue weighted by Crippen LogP contribution is 2.50. The zero-order chi connectivity index (χ0) is 20.7. The molecule has 2 aromatic heterocycles. The van der Waals surface area contributed by atoms with Gasteiger partial charge in [-0.15, -0.1) is 0 Å². The molecule has 0 spiro atoms. The van der Waals surface area contributed by atoms with E-state index in [0.717, 1.165) is 30.5 Å². The number of rotatable bonds is 4. The number of aromatic nitrogens is 3. The van der Waals surface area contributed by atoms with E-state index in [4.69, 9.17) is 9.51 Å². The van der Waals surface area contributed by atoms with Gasteiger partial charge in [0.1, 0.15) is 0 Å². The van der Waals surface area contributed by atoms with Crippen molar-refractivity contribution in [3.8, 4) is 11.4 Å². The lowest BCUT2D eigenvalue weighted by Gasteiger charge is -2.24. The summed E-state index contributed by atoms with van der Waals surface area (Å²) in [7, 11) is 0. The Bertz CT molecular complexity index is 1140. The second kappa shape index (κ2) is 7.23. The first-order chi connectivity index (χ1) is 14.6. The van der Waals surface area contributed by atoms with E-state index in [0.29, 0.717) is 36.8 Å². The van der Waals surface area contributed by atoms with Crippen LogP contribution in [0.25, 0.3) is 11.4 Å². The third kappa shape index (κ3) is 3.05. The molecule has 0 bridgehead atoms. The molecule has 1 aromatic carbocycles. The number of amides is 1. The number of H-pyrrole nitrogens is 1. The summed E-state index contributed by atoms with van der Waals surface area (Å²) in [5.41, 5.74) is 1.59. The van der Waals surface area contributed by atoms with Crippen molar-refractivity contribution < 1.29 is 9.32 Å². The van der Waals surface area contributed by atoms with Crippen LogP contribution < -0.4 is 5.56 Å². The number of fused-ring (bicyclic) bond motifs is 1. The maximum atomic E-state index is 13.2. The lowest BCUT2D eigenvalue weighted by molar-refractivity contribution is 0.0774. The minimum atomic E-state index is -0.301. The zero-order valence-electron chi connectivity index (χ0n) is 16.9. The molecule has 0 unspecified atom stereocenters. The van der Waals surface area contributed by atoms with Crippen LogP contribution >= 0.6 is 0 Å². The highest BCUT2D eigenvalue weighted by Gasteiger charge is 2.55. The molecule has 7 nitrogen and oxygen atoms in total. The Balaban J connectivity index is 1.44. The van der Waals surface area contributed by atoms with Gasteiger partial charge < -0.3 is 14.4 Å². The summed E-state index contributed by atoms with van der Waals surface area (Å²) < 4.78 is 5.74. The van der Waals surface area contributed by atoms with Crippen molar-refractivity contribution in [3.05, 3.63) is 70.0 Å². The van der Waals surface area contributed by atoms with Crippen LogP contribution in [0.4, 0.5) is 0 Å². The molecule has 1 N–H and O–H groups in total. The van der Waals surface area contributed by atoms with E-state index >= 15 is 0 Å². The molecule has 1 amide bonds. The van der Waals surface area contributed by atoms with Crippen LogP contribution in [0.5, 0.6) is 0 Å². The van der Waals surface area contributed by atoms with E-state index in [1.807, 2.05) is 42.2 Å². The molecule has 1 saturated heterocycles. The van der Waals surface area contributed by atoms with Gasteiger partial charge in [-0.3, -0.25) is 9.59 Å². The van der Waals surface area contributed by atoms with Crippen molar-refractivity contribution >= 4 is 5.91 Å². The normalized spacial score (nSPS) is 23.0. The number of aromatic amines is 1. The van der Waals surface area contributed by atoms with E-state index < -0.39 is 0 Å². The Morgan fingerprint density at radius 3 is 2.93 bits per heavy atom. The van der Waals surface area contributed by atoms with Crippen molar-refractivity contribution in [2.24, 2.45) is 5.92 Å². The summed E-state index contributed by atoms with van der Waals surface area (Å²) in [4.78, 5) is 34.5. The van der Waals surface area contributed by atoms with Crippen molar-refractivity contribution in [1.29, 1.82) is 0 Å². The lowest BCUT2D eigenvalue weighted by Crippen LogP contribution is -2.35. The van der Waals surface area contributed by atoms with Gasteiger partial charge in [-0.1, -0.05) is 48.8 Å². The summed E-state index contributed by atoms with van der Waals surface area (Å²) in [5.74, 6) is 1.39. The molecule has 1 aliphatic heterocycles. The molecule has 0 radical (unpaired) electrons. The van der Waals surface area contributed by atoms with Gasteiger partial charge in [0.15, 0.2) is 0 Å². The van der Waals surface area contributed by atoms with E-state index in [2.05, 4.69) is 10.1 Å². The number of carbonyl (C=O) groups is 1. The van der Waals surface area contributed by atoms with E-state index in [9.17, 15) is 9.59 Å². The molecule has 154 valence electrons. The molecule has 1 aliphatic carbocycles. The molecule has 3 heterocycles. The minimum absolute atomic E-state index is 0.104. The molecular formula is C23H24N4O3. The summed E-state index contributed by atoms with van der Waals surface area (Å²) in [6.45, 7) is 3.14. The van der Waals surface area contributed by atoms with Crippen LogP contribution in [0.15, 0.2) is 51.8 Å². The highest BCUT2D eigenvalue weighted by molar-refractivity contribution is 5.94. The SMILES string of the molecule is CCc1cc(C(=O)N2C[C@H]3CCC[C@@]3(c3nc(-c4ccccc4)no3)C2)cc(=O)[nH]1. The van der Waals surface area contributed by atoms with Gasteiger partial charge in [0.2, 0.25) is 17.3 Å². The maximum Gasteiger partial charge on any atom is 0.254 e. The monoisotopic (exact) mass is 404 g/mol. The maximum absolute atomic E-state index is 13.2. The Hall–Kier alpha value is -3.22. The molecule has 1 saturated carbocycles. The number of nitrogens with zero attached hydrogens (tertiary/aromatic N) is 3. The van der Waals surface area contributed by atoms with Crippen LogP contribution in [0.2, 0.25) is 0 Å². The number of hydrogen-bond donors (Lipinski definition) is 1. The first-order valence-corrected chi connectivity index (χ1v) is 10.5. The molecular weight excluding hydrogens is 380 g/mol. The first-order valence-electron chi connectivity index (χ1n) is 10.5. The van der Waals surface area contributed by atoms with Gasteiger partial charge in [0, 0.05) is 36.0 Å². The van der Waals surface area contributed by atoms with Crippen molar-refractivity contribution in [2.45, 2.75) is 38.0 Å². The van der Waals surface area contributed by atoms with E-state index in [-0.39, 0.29) is 22.8 Å². The summed E-state index contributed by atoms with van der Waals surface area (Å²) >= 11 is 0. The Morgan fingerprint density at radius 2 is 2.13 bits per heavy atom. The van der Waals surface area contributed by atoms with Gasteiger partial charge in [-0.2, -0.15) is 4.98 Å². The quantitative estimate of drug-likeness (QED) is 0.721. The van der Waals surface area contributed by atoms with Gasteiger partial charge >= 0.3 is 0 Å². The smallest absolute Gasteiger partial charge is 0.254 e. The van der Waals surface area contributed by atoms with Crippen LogP contribution in [0.1, 0.15) is 48.1 Å². The average molecular weight is 404 g/mol. The Labute approximate surface area is 174 Å². The Morgan fingerprint density at radius 1 is 1.30 bits per heavy atom. The number of likely N-dealkylation sites (tertiary alicyclic amines) is 1. The topological polar surface area (TPSA) is 92.1 Å². The van der Waals surface area contributed by atoms with E-state index in [1.165, 1.54) is 6.07 Å². The van der Waals surface area contributed by atoms with Gasteiger partial charge in [-0.05, 0) is 31.2 Å². The summed E-state index contributed by atoms with van der Waals surface area (Å²) in [6, 6.07) is 12.9. The van der Waals surface area contributed by atoms with Crippen molar-refractivity contribution in [2.75, 3.05) is 13.1 Å². The number of carbonyl (C=O) groups excluding carboxylic acids is 1. The van der Waals surface area contributed by atoms with Gasteiger partial charge in [-0.25, -0.2) is 0 Å². The number of pyridine rings is 1. The fraction of sp³-hybridized carbons (Fsp3) is 0.391. The van der Waals surface area contributed by atoms with Crippen molar-refractivity contribution in [1.82, 2.24) is 20.0 Å². The second-order valence-electron chi connectivity index (χ2n) is 8.33. The Kier molecular flexibility index (Phi) is 4.53. The number of aryl methyl sites for hydroxylation is 1. The fourth-order valence-corrected chi connectivity index (χ4v) is 5.02. The predicted octanol–water partition coefficient (Wildman–Crippen LogP) is 3.18. The molecule has 2 atom stereocenters. The van der Waals surface area contributed by atoms with Crippen LogP contribution in [0.3, 0.4) is 0 Å². The van der Waals surface area contributed by atoms with Gasteiger partial charge in [0.25, 0.3) is 5.91 Å². The fourth-order valence-electron chi connectivity index (χ4n) is 5.02. The largest absolute Gasteiger partial charge is 0.338 e. The van der Waals surface area contributed by atoms with Crippen LogP contribution in [0, 0.1) is 5.92 Å². The van der Waals surface area contributed by atoms with Gasteiger partial charge in [0.05, 0.1) is 5.41 Å². The third-order valence-corrected chi connectivity index (χ3v) is 6.57. The first kappa shape index (κ1) is 18.8. The zero-order valence-corrected chi connectivity index (χ0v) is 16.9. The average Bonchev–Trinajstić information content (AvgIpc) is 3.47. The lowest BCUT2D eigenvalue weighted by atomic mass is 9.80. The molecule has 5 rings (SSSR count). The third-order valence-electron chi connectivity index (χ3n) is 6.57. The summed E-state index contributed by atoms with van der Waals surface area (Å²) in [5, 5.41) is 4.21. The number of hydrogen-bond acceptors (Lipinski definition) is 5. The predicted molar refractivity (Wildman–Crippen MR) is 111 cm³/mol. The molecule has 3 aromatic rings. The summed E-state index contributed by atoms with van der Waals surface area (Å²) in [6.07, 6.45) is 3.71. The van der Waals surface area contributed by atoms with Crippen molar-refractivity contribution in [3.63, 3.8) is 0 Å². The molecule has 2 fully saturated rings. The van der Waals surface area contributed by atoms with E-state index in [1.54, 1.807) is 6.07 Å². The molecule has 30 heavy (non-hydrogen) atoms. The molecule has 2 aliphatic rings. The minimum Gasteiger partial charge on any atom is -0.338 e. The molecule has 7 heteroatoms. The van der Waals surface area contributed by atoms with Crippen LogP contribution in [-0.2, 0) is 11.8 Å². The second-order valence-corrected chi connectivity index (χ2v) is 8.33. The van der Waals surface area contributed by atoms with Crippen LogP contribution in [-0.4, -0.2) is 39.0 Å².